The summed E-state index contributed by atoms with van der Waals surface area (Å²) in [6.07, 6.45) is 0.209. The van der Waals surface area contributed by atoms with Gasteiger partial charge in [0.05, 0.1) is 24.5 Å². The third-order valence-corrected chi connectivity index (χ3v) is 9.50. The molecular formula is C39H54N3O9. The monoisotopic (exact) mass is 708 g/mol. The van der Waals surface area contributed by atoms with Gasteiger partial charge in [0.1, 0.15) is 5.60 Å². The summed E-state index contributed by atoms with van der Waals surface area (Å²) >= 11 is 0. The van der Waals surface area contributed by atoms with E-state index >= 15 is 0 Å². The molecule has 51 heavy (non-hydrogen) atoms. The van der Waals surface area contributed by atoms with E-state index in [-0.39, 0.29) is 34.7 Å². The average molecular weight is 709 g/mol. The van der Waals surface area contributed by atoms with Gasteiger partial charge in [0, 0.05) is 27.8 Å². The van der Waals surface area contributed by atoms with Crippen LogP contribution in [0.2, 0.25) is 0 Å². The van der Waals surface area contributed by atoms with Crippen molar-refractivity contribution >= 4 is 35.2 Å². The normalized spacial score (nSPS) is 17.2. The zero-order valence-corrected chi connectivity index (χ0v) is 31.5. The van der Waals surface area contributed by atoms with Crippen LogP contribution in [0.5, 0.6) is 0 Å². The van der Waals surface area contributed by atoms with Crippen molar-refractivity contribution in [1.29, 1.82) is 0 Å². The molecule has 6 N–H and O–H groups in total. The second-order valence-electron chi connectivity index (χ2n) is 14.4. The molecule has 0 spiro atoms. The lowest BCUT2D eigenvalue weighted by molar-refractivity contribution is -0.153. The van der Waals surface area contributed by atoms with Gasteiger partial charge in [0.15, 0.2) is 34.3 Å². The molecule has 0 aliphatic carbocycles. The van der Waals surface area contributed by atoms with Gasteiger partial charge in [-0.2, -0.15) is 0 Å². The molecule has 6 atom stereocenters. The van der Waals surface area contributed by atoms with Crippen molar-refractivity contribution in [3.05, 3.63) is 70.3 Å². The first kappa shape index (κ1) is 43.4. The molecule has 0 amide bonds. The molecule has 12 heteroatoms. The number of ketones is 5. The average Bonchev–Trinajstić information content (AvgIpc) is 3.07. The number of Topliss-reactive ketones (excluding diaryl/α,β-unsaturated/α-hetero) is 5. The van der Waals surface area contributed by atoms with E-state index in [1.165, 1.54) is 57.6 Å². The quantitative estimate of drug-likeness (QED) is 0.0869. The molecule has 279 valence electrons. The van der Waals surface area contributed by atoms with Crippen LogP contribution < -0.4 is 16.0 Å². The summed E-state index contributed by atoms with van der Waals surface area (Å²) in [7, 11) is 4.64. The van der Waals surface area contributed by atoms with Gasteiger partial charge in [0.2, 0.25) is 12.1 Å². The topological polar surface area (TPSA) is 199 Å². The van der Waals surface area contributed by atoms with Crippen LogP contribution in [0.4, 0.5) is 0 Å². The summed E-state index contributed by atoms with van der Waals surface area (Å²) in [6.45, 7) is 12.7. The Bertz CT molecular complexity index is 1630. The molecule has 0 fully saturated rings. The lowest BCUT2D eigenvalue weighted by Gasteiger charge is -2.34. The van der Waals surface area contributed by atoms with Gasteiger partial charge in [-0.1, -0.05) is 84.0 Å². The third kappa shape index (κ3) is 8.82. The first-order valence-electron chi connectivity index (χ1n) is 17.1. The van der Waals surface area contributed by atoms with E-state index in [4.69, 9.17) is 0 Å². The summed E-state index contributed by atoms with van der Waals surface area (Å²) in [5.74, 6) is -5.17. The highest BCUT2D eigenvalue weighted by Gasteiger charge is 2.52. The Morgan fingerprint density at radius 3 is 1.57 bits per heavy atom. The highest BCUT2D eigenvalue weighted by molar-refractivity contribution is 6.17. The van der Waals surface area contributed by atoms with E-state index in [1.807, 2.05) is 13.8 Å². The van der Waals surface area contributed by atoms with Crippen LogP contribution in [0.3, 0.4) is 0 Å². The summed E-state index contributed by atoms with van der Waals surface area (Å²) in [6, 6.07) is 7.33. The second kappa shape index (κ2) is 17.2. The molecule has 0 bridgehead atoms. The summed E-state index contributed by atoms with van der Waals surface area (Å²) in [5, 5.41) is 43.9. The molecule has 3 unspecified atom stereocenters. The fourth-order valence-corrected chi connectivity index (χ4v) is 6.69. The second-order valence-corrected chi connectivity index (χ2v) is 14.4. The maximum absolute atomic E-state index is 14.6. The minimum Gasteiger partial charge on any atom is -0.377 e. The van der Waals surface area contributed by atoms with Crippen molar-refractivity contribution < 1.29 is 44.1 Å². The summed E-state index contributed by atoms with van der Waals surface area (Å²) in [5.41, 5.74) is -9.64. The van der Waals surface area contributed by atoms with Crippen molar-refractivity contribution in [3.63, 3.8) is 0 Å². The maximum Gasteiger partial charge on any atom is 0.241 e. The largest absolute Gasteiger partial charge is 0.377 e. The first-order valence-corrected chi connectivity index (χ1v) is 17.1. The van der Waals surface area contributed by atoms with Crippen LogP contribution in [0.25, 0.3) is 0 Å². The first-order chi connectivity index (χ1) is 23.6. The molecule has 1 radical (unpaired) electrons. The van der Waals surface area contributed by atoms with Crippen LogP contribution in [0.15, 0.2) is 42.5 Å². The lowest BCUT2D eigenvalue weighted by atomic mass is 9.74. The van der Waals surface area contributed by atoms with Crippen LogP contribution >= 0.6 is 0 Å². The molecule has 0 aromatic heterocycles. The number of hydrogen-bond donors (Lipinski definition) is 6. The smallest absolute Gasteiger partial charge is 0.241 e. The number of hydrogen-bond acceptors (Lipinski definition) is 12. The standard InChI is InChI=1S/C39H54N3O9/c1-21(2)30(40-9)28(44)19-39(51,20-43)36(48)38(8,50)27-18-14-16-25(29(27)34(46)32(42-11)23(5)6)35(47)37(7,49)26-17-13-12-15-24(26)33(45)31(41-10)22(3)4/h12-18,21-23,30-32,40-42,49-51H,19H2,1-11H3/t30-,31-,32-,37?,38?,39?/m0/s1. The van der Waals surface area contributed by atoms with E-state index in [1.54, 1.807) is 46.9 Å². The third-order valence-electron chi connectivity index (χ3n) is 9.50. The van der Waals surface area contributed by atoms with E-state index in [2.05, 4.69) is 16.0 Å². The molecule has 0 saturated carbocycles. The molecule has 2 aromatic carbocycles. The molecular weight excluding hydrogens is 654 g/mol. The van der Waals surface area contributed by atoms with Crippen molar-refractivity contribution in [3.8, 4) is 0 Å². The predicted octanol–water partition coefficient (Wildman–Crippen LogP) is 2.45. The van der Waals surface area contributed by atoms with Gasteiger partial charge in [0.25, 0.3) is 0 Å². The molecule has 2 aromatic rings. The molecule has 12 nitrogen and oxygen atoms in total. The number of rotatable bonds is 20. The number of nitrogens with one attached hydrogen (secondary N) is 3. The zero-order chi connectivity index (χ0) is 39.2. The van der Waals surface area contributed by atoms with Crippen molar-refractivity contribution in [1.82, 2.24) is 16.0 Å². The number of carbonyl (C=O) groups excluding carboxylic acids is 6. The Balaban J connectivity index is 2.91. The van der Waals surface area contributed by atoms with Crippen LogP contribution in [0.1, 0.15) is 104 Å². The van der Waals surface area contributed by atoms with Crippen LogP contribution in [-0.4, -0.2) is 95.4 Å². The Morgan fingerprint density at radius 2 is 1.10 bits per heavy atom. The fourth-order valence-electron chi connectivity index (χ4n) is 6.69. The maximum atomic E-state index is 14.6. The number of carbonyl (C=O) groups is 5. The fraction of sp³-hybridized carbons (Fsp3) is 0.538. The molecule has 0 aliphatic heterocycles. The van der Waals surface area contributed by atoms with Crippen molar-refractivity contribution in [2.45, 2.75) is 96.7 Å². The Hall–Kier alpha value is -3.78. The van der Waals surface area contributed by atoms with Crippen molar-refractivity contribution in [2.24, 2.45) is 17.8 Å². The Labute approximate surface area is 300 Å². The van der Waals surface area contributed by atoms with E-state index in [9.17, 15) is 44.1 Å². The highest BCUT2D eigenvalue weighted by atomic mass is 16.3. The summed E-state index contributed by atoms with van der Waals surface area (Å²) < 4.78 is 0. The molecule has 2 rings (SSSR count). The Kier molecular flexibility index (Phi) is 14.6. The van der Waals surface area contributed by atoms with Gasteiger partial charge in [-0.15, -0.1) is 0 Å². The van der Waals surface area contributed by atoms with E-state index in [0.29, 0.717) is 0 Å². The highest BCUT2D eigenvalue weighted by Crippen LogP contribution is 2.37. The lowest BCUT2D eigenvalue weighted by Crippen LogP contribution is -2.55. The number of likely N-dealkylation sites (N-methyl/N-ethyl adjacent to an activating group) is 3. The molecule has 0 saturated heterocycles. The van der Waals surface area contributed by atoms with E-state index in [0.717, 1.165) is 6.92 Å². The van der Waals surface area contributed by atoms with Crippen LogP contribution in [-0.2, 0) is 25.6 Å². The van der Waals surface area contributed by atoms with Gasteiger partial charge < -0.3 is 31.3 Å². The van der Waals surface area contributed by atoms with Gasteiger partial charge >= 0.3 is 0 Å². The summed E-state index contributed by atoms with van der Waals surface area (Å²) in [4.78, 5) is 82.0. The molecule has 0 heterocycles. The van der Waals surface area contributed by atoms with Gasteiger partial charge in [-0.3, -0.25) is 28.8 Å². The number of aliphatic hydroxyl groups is 3. The minimum atomic E-state index is -3.13. The SMILES string of the molecule is CN[C@H](C(=O)CC(O)([C]=O)C(=O)C(C)(O)c1cccc(C(=O)C(C)(O)c2ccccc2C(=O)[C@@H](NC)C(C)C)c1C(=O)[C@@H](NC)C(C)C)C(C)C. The van der Waals surface area contributed by atoms with Gasteiger partial charge in [-0.05, 0) is 52.7 Å². The number of benzene rings is 2. The predicted molar refractivity (Wildman–Crippen MR) is 193 cm³/mol. The van der Waals surface area contributed by atoms with Crippen LogP contribution in [0, 0.1) is 17.8 Å². The van der Waals surface area contributed by atoms with E-state index < -0.39 is 81.2 Å². The van der Waals surface area contributed by atoms with Crippen molar-refractivity contribution in [2.75, 3.05) is 21.1 Å². The van der Waals surface area contributed by atoms with Gasteiger partial charge in [-0.25, -0.2) is 0 Å². The zero-order valence-electron chi connectivity index (χ0n) is 31.5. The minimum absolute atomic E-state index is 0.0331. The Morgan fingerprint density at radius 1 is 0.647 bits per heavy atom. The molecule has 0 aliphatic rings.